The van der Waals surface area contributed by atoms with Gasteiger partial charge in [-0.2, -0.15) is 0 Å². The van der Waals surface area contributed by atoms with E-state index in [1.165, 1.54) is 13.2 Å². The van der Waals surface area contributed by atoms with E-state index < -0.39 is 6.43 Å². The summed E-state index contributed by atoms with van der Waals surface area (Å²) in [5.41, 5.74) is 5.65. The van der Waals surface area contributed by atoms with E-state index in [9.17, 15) is 8.78 Å². The Bertz CT molecular complexity index is 333. The molecule has 6 heteroatoms. The highest BCUT2D eigenvalue weighted by Gasteiger charge is 2.17. The third-order valence-electron chi connectivity index (χ3n) is 1.66. The Hall–Kier alpha value is -0.750. The second-order valence-corrected chi connectivity index (χ2v) is 3.38. The highest BCUT2D eigenvalue weighted by atomic mass is 79.9. The molecule has 0 aliphatic rings. The van der Waals surface area contributed by atoms with E-state index in [0.717, 1.165) is 0 Å². The van der Waals surface area contributed by atoms with Crippen molar-refractivity contribution in [2.24, 2.45) is 5.73 Å². The lowest BCUT2D eigenvalue weighted by atomic mass is 10.2. The summed E-state index contributed by atoms with van der Waals surface area (Å²) in [5, 5.41) is 0. The maximum Gasteiger partial charge on any atom is 0.281 e. The highest BCUT2D eigenvalue weighted by Crippen LogP contribution is 2.29. The van der Waals surface area contributed by atoms with Gasteiger partial charge < -0.3 is 10.5 Å². The first-order valence-electron chi connectivity index (χ1n) is 3.81. The molecule has 0 amide bonds. The first-order valence-corrected chi connectivity index (χ1v) is 4.61. The van der Waals surface area contributed by atoms with E-state index >= 15 is 0 Å². The number of rotatable bonds is 3. The summed E-state index contributed by atoms with van der Waals surface area (Å²) in [5.74, 6) is 0.144. The average Bonchev–Trinajstić information content (AvgIpc) is 2.16. The Kier molecular flexibility index (Phi) is 3.77. The fraction of sp³-hybridized carbons (Fsp3) is 0.375. The molecule has 0 unspecified atom stereocenters. The molecule has 0 saturated heterocycles. The van der Waals surface area contributed by atoms with Crippen molar-refractivity contribution in [1.82, 2.24) is 4.98 Å². The van der Waals surface area contributed by atoms with Gasteiger partial charge in [0.1, 0.15) is 5.69 Å². The third-order valence-corrected chi connectivity index (χ3v) is 2.30. The van der Waals surface area contributed by atoms with Gasteiger partial charge >= 0.3 is 0 Å². The van der Waals surface area contributed by atoms with Gasteiger partial charge in [-0.15, -0.1) is 0 Å². The van der Waals surface area contributed by atoms with Gasteiger partial charge in [-0.05, 0) is 22.0 Å². The smallest absolute Gasteiger partial charge is 0.281 e. The van der Waals surface area contributed by atoms with E-state index in [-0.39, 0.29) is 22.6 Å². The van der Waals surface area contributed by atoms with Crippen molar-refractivity contribution in [3.8, 4) is 5.88 Å². The third kappa shape index (κ3) is 2.19. The minimum atomic E-state index is -2.63. The van der Waals surface area contributed by atoms with Crippen molar-refractivity contribution < 1.29 is 13.5 Å². The van der Waals surface area contributed by atoms with Crippen LogP contribution >= 0.6 is 15.9 Å². The minimum Gasteiger partial charge on any atom is -0.481 e. The first kappa shape index (κ1) is 11.3. The monoisotopic (exact) mass is 266 g/mol. The van der Waals surface area contributed by atoms with Gasteiger partial charge in [-0.3, -0.25) is 0 Å². The van der Waals surface area contributed by atoms with Gasteiger partial charge in [0.05, 0.1) is 7.11 Å². The van der Waals surface area contributed by atoms with E-state index in [0.29, 0.717) is 5.56 Å². The zero-order valence-corrected chi connectivity index (χ0v) is 9.01. The van der Waals surface area contributed by atoms with Crippen molar-refractivity contribution in [3.05, 3.63) is 21.8 Å². The SMILES string of the molecule is COc1nc(C(F)F)c(Br)cc1CN. The Morgan fingerprint density at radius 1 is 1.64 bits per heavy atom. The quantitative estimate of drug-likeness (QED) is 0.913. The summed E-state index contributed by atoms with van der Waals surface area (Å²) in [6.45, 7) is 0.193. The summed E-state index contributed by atoms with van der Waals surface area (Å²) in [7, 11) is 1.37. The van der Waals surface area contributed by atoms with Gasteiger partial charge in [-0.25, -0.2) is 13.8 Å². The number of nitrogens with zero attached hydrogens (tertiary/aromatic N) is 1. The molecule has 1 aromatic rings. The molecule has 0 radical (unpaired) electrons. The molecule has 1 aromatic heterocycles. The van der Waals surface area contributed by atoms with E-state index in [2.05, 4.69) is 20.9 Å². The lowest BCUT2D eigenvalue weighted by Gasteiger charge is -2.09. The summed E-state index contributed by atoms with van der Waals surface area (Å²) >= 11 is 3.00. The Balaban J connectivity index is 3.23. The van der Waals surface area contributed by atoms with Crippen LogP contribution in [0, 0.1) is 0 Å². The molecule has 0 aromatic carbocycles. The second-order valence-electron chi connectivity index (χ2n) is 2.53. The number of alkyl halides is 2. The summed E-state index contributed by atoms with van der Waals surface area (Å²) < 4.78 is 29.9. The molecule has 2 N–H and O–H groups in total. The van der Waals surface area contributed by atoms with E-state index in [1.54, 1.807) is 0 Å². The number of hydrogen-bond acceptors (Lipinski definition) is 3. The van der Waals surface area contributed by atoms with Crippen LogP contribution in [0.25, 0.3) is 0 Å². The van der Waals surface area contributed by atoms with E-state index in [4.69, 9.17) is 10.5 Å². The van der Waals surface area contributed by atoms with Gasteiger partial charge in [0.25, 0.3) is 6.43 Å². The van der Waals surface area contributed by atoms with Crippen LogP contribution in [0.15, 0.2) is 10.5 Å². The molecule has 0 atom stereocenters. The van der Waals surface area contributed by atoms with E-state index in [1.807, 2.05) is 0 Å². The Morgan fingerprint density at radius 3 is 2.71 bits per heavy atom. The van der Waals surface area contributed by atoms with Gasteiger partial charge in [0, 0.05) is 16.6 Å². The van der Waals surface area contributed by atoms with Crippen LogP contribution in [-0.2, 0) is 6.54 Å². The van der Waals surface area contributed by atoms with Crippen LogP contribution in [0.2, 0.25) is 0 Å². The molecule has 0 spiro atoms. The molecule has 1 rings (SSSR count). The number of hydrogen-bond donors (Lipinski definition) is 1. The maximum absolute atomic E-state index is 12.4. The average molecular weight is 267 g/mol. The molecule has 1 heterocycles. The predicted molar refractivity (Wildman–Crippen MR) is 51.3 cm³/mol. The van der Waals surface area contributed by atoms with Crippen molar-refractivity contribution in [2.45, 2.75) is 13.0 Å². The lowest BCUT2D eigenvalue weighted by molar-refractivity contribution is 0.144. The standard InChI is InChI=1S/C8H9BrF2N2O/c1-14-8-4(3-12)2-5(9)6(13-8)7(10)11/h2,7H,3,12H2,1H3. The van der Waals surface area contributed by atoms with Crippen molar-refractivity contribution in [3.63, 3.8) is 0 Å². The number of methoxy groups -OCH3 is 1. The topological polar surface area (TPSA) is 48.1 Å². The van der Waals surface area contributed by atoms with Crippen LogP contribution in [0.1, 0.15) is 17.7 Å². The number of aromatic nitrogens is 1. The molecule has 0 bridgehead atoms. The van der Waals surface area contributed by atoms with Crippen LogP contribution < -0.4 is 10.5 Å². The van der Waals surface area contributed by atoms with Crippen molar-refractivity contribution >= 4 is 15.9 Å². The summed E-state index contributed by atoms with van der Waals surface area (Å²) in [6.07, 6.45) is -2.63. The van der Waals surface area contributed by atoms with Crippen LogP contribution in [0.5, 0.6) is 5.88 Å². The first-order chi connectivity index (χ1) is 6.60. The molecule has 0 fully saturated rings. The normalized spacial score (nSPS) is 10.7. The lowest BCUT2D eigenvalue weighted by Crippen LogP contribution is -2.04. The second kappa shape index (κ2) is 4.65. The molecule has 0 aliphatic heterocycles. The molecule has 0 aliphatic carbocycles. The Labute approximate surface area is 88.4 Å². The fourth-order valence-electron chi connectivity index (χ4n) is 0.999. The zero-order valence-electron chi connectivity index (χ0n) is 7.43. The van der Waals surface area contributed by atoms with Crippen LogP contribution in [0.3, 0.4) is 0 Å². The van der Waals surface area contributed by atoms with Crippen molar-refractivity contribution in [2.75, 3.05) is 7.11 Å². The number of pyridine rings is 1. The predicted octanol–water partition coefficient (Wildman–Crippen LogP) is 2.25. The zero-order chi connectivity index (χ0) is 10.7. The van der Waals surface area contributed by atoms with Gasteiger partial charge in [-0.1, -0.05) is 0 Å². The fourth-order valence-corrected chi connectivity index (χ4v) is 1.54. The Morgan fingerprint density at radius 2 is 2.29 bits per heavy atom. The largest absolute Gasteiger partial charge is 0.481 e. The minimum absolute atomic E-state index is 0.144. The molecular weight excluding hydrogens is 258 g/mol. The molecule has 3 nitrogen and oxygen atoms in total. The number of halogens is 3. The molecule has 14 heavy (non-hydrogen) atoms. The summed E-state index contributed by atoms with van der Waals surface area (Å²) in [4.78, 5) is 3.66. The maximum atomic E-state index is 12.4. The van der Waals surface area contributed by atoms with Gasteiger partial charge in [0.2, 0.25) is 5.88 Å². The van der Waals surface area contributed by atoms with Gasteiger partial charge in [0.15, 0.2) is 0 Å². The van der Waals surface area contributed by atoms with Crippen molar-refractivity contribution in [1.29, 1.82) is 0 Å². The molecule has 0 saturated carbocycles. The number of nitrogens with two attached hydrogens (primary N) is 1. The van der Waals surface area contributed by atoms with Crippen LogP contribution in [0.4, 0.5) is 8.78 Å². The highest BCUT2D eigenvalue weighted by molar-refractivity contribution is 9.10. The molecular formula is C8H9BrF2N2O. The molecule has 78 valence electrons. The number of ether oxygens (including phenoxy) is 1. The summed E-state index contributed by atoms with van der Waals surface area (Å²) in [6, 6.07) is 1.49. The van der Waals surface area contributed by atoms with Crippen LogP contribution in [-0.4, -0.2) is 12.1 Å².